The number of nitrogens with two attached hydrogens (primary N) is 1. The fraction of sp³-hybridized carbons (Fsp3) is 0.391. The zero-order chi connectivity index (χ0) is 23.3. The van der Waals surface area contributed by atoms with Crippen molar-refractivity contribution in [3.63, 3.8) is 0 Å². The van der Waals surface area contributed by atoms with E-state index in [1.165, 1.54) is 16.8 Å². The van der Waals surface area contributed by atoms with Gasteiger partial charge in [-0.05, 0) is 42.2 Å². The summed E-state index contributed by atoms with van der Waals surface area (Å²) in [6.07, 6.45) is 3.68. The zero-order valence-electron chi connectivity index (χ0n) is 18.0. The van der Waals surface area contributed by atoms with Crippen LogP contribution in [-0.2, 0) is 6.18 Å². The second-order valence-electron chi connectivity index (χ2n) is 8.94. The highest BCUT2D eigenvalue weighted by molar-refractivity contribution is 6.02. The Morgan fingerprint density at radius 1 is 1.25 bits per heavy atom. The van der Waals surface area contributed by atoms with Gasteiger partial charge in [0, 0.05) is 29.7 Å². The minimum absolute atomic E-state index is 0.0821. The number of aliphatic imine (C=N–C) groups is 1. The Hall–Kier alpha value is -3.23. The molecule has 1 amide bonds. The molecule has 32 heavy (non-hydrogen) atoms. The number of alkyl halides is 3. The van der Waals surface area contributed by atoms with E-state index >= 15 is 0 Å². The van der Waals surface area contributed by atoms with Gasteiger partial charge in [0.25, 0.3) is 5.91 Å². The third-order valence-corrected chi connectivity index (χ3v) is 6.78. The first-order valence-corrected chi connectivity index (χ1v) is 10.4. The molecule has 4 rings (SSSR count). The summed E-state index contributed by atoms with van der Waals surface area (Å²) in [4.78, 5) is 20.2. The van der Waals surface area contributed by atoms with Crippen LogP contribution in [0.5, 0.6) is 0 Å². The molecule has 2 N–H and O–H groups in total. The van der Waals surface area contributed by atoms with Gasteiger partial charge in [0.15, 0.2) is 0 Å². The van der Waals surface area contributed by atoms with Crippen molar-refractivity contribution in [1.82, 2.24) is 14.6 Å². The molecule has 0 saturated heterocycles. The van der Waals surface area contributed by atoms with Crippen LogP contribution in [0.15, 0.2) is 41.8 Å². The average molecular weight is 443 g/mol. The van der Waals surface area contributed by atoms with E-state index < -0.39 is 17.8 Å². The van der Waals surface area contributed by atoms with Crippen molar-refractivity contribution >= 4 is 23.3 Å². The van der Waals surface area contributed by atoms with Gasteiger partial charge >= 0.3 is 6.18 Å². The molecule has 6 nitrogen and oxygen atoms in total. The molecule has 1 aliphatic rings. The Morgan fingerprint density at radius 3 is 2.56 bits per heavy atom. The SMILES string of the molecule is CC1CCC(C=Nc2c(C(N)=O)cnn3cc(-c4ccc(C(F)(F)F)nc4)cc23)C1(C)C. The van der Waals surface area contributed by atoms with Gasteiger partial charge in [-0.25, -0.2) is 4.52 Å². The number of pyridine rings is 1. The topological polar surface area (TPSA) is 85.6 Å². The zero-order valence-corrected chi connectivity index (χ0v) is 18.0. The fourth-order valence-corrected chi connectivity index (χ4v) is 4.22. The highest BCUT2D eigenvalue weighted by atomic mass is 19.4. The summed E-state index contributed by atoms with van der Waals surface area (Å²) < 4.78 is 40.0. The van der Waals surface area contributed by atoms with Crippen LogP contribution < -0.4 is 5.73 Å². The maximum Gasteiger partial charge on any atom is 0.433 e. The lowest BCUT2D eigenvalue weighted by Crippen LogP contribution is -2.24. The standard InChI is InChI=1S/C23H24F3N5O/c1-13-4-6-16(22(13,2)3)10-29-20-17(21(27)32)11-30-31-12-15(8-18(20)31)14-5-7-19(28-9-14)23(24,25)26/h5,7-13,16H,4,6H2,1-3H3,(H2,27,32). The number of fused-ring (bicyclic) bond motifs is 1. The van der Waals surface area contributed by atoms with Gasteiger partial charge < -0.3 is 5.73 Å². The average Bonchev–Trinajstić information content (AvgIpc) is 3.27. The van der Waals surface area contributed by atoms with Gasteiger partial charge in [-0.2, -0.15) is 18.3 Å². The molecule has 2 unspecified atom stereocenters. The van der Waals surface area contributed by atoms with E-state index in [2.05, 4.69) is 35.8 Å². The molecule has 2 atom stereocenters. The fourth-order valence-electron chi connectivity index (χ4n) is 4.22. The predicted molar refractivity (Wildman–Crippen MR) is 116 cm³/mol. The molecule has 9 heteroatoms. The lowest BCUT2D eigenvalue weighted by molar-refractivity contribution is -0.141. The molecular weight excluding hydrogens is 419 g/mol. The number of hydrogen-bond donors (Lipinski definition) is 1. The van der Waals surface area contributed by atoms with Crippen LogP contribution >= 0.6 is 0 Å². The number of aromatic nitrogens is 3. The Labute approximate surface area is 183 Å². The molecule has 3 aromatic heterocycles. The van der Waals surface area contributed by atoms with Crippen molar-refractivity contribution < 1.29 is 18.0 Å². The van der Waals surface area contributed by atoms with Gasteiger partial charge in [0.1, 0.15) is 11.4 Å². The molecule has 1 fully saturated rings. The van der Waals surface area contributed by atoms with Crippen LogP contribution in [0.1, 0.15) is 49.7 Å². The molecule has 0 aliphatic heterocycles. The van der Waals surface area contributed by atoms with Gasteiger partial charge in [-0.1, -0.05) is 26.8 Å². The van der Waals surface area contributed by atoms with Crippen molar-refractivity contribution in [2.45, 2.75) is 39.8 Å². The van der Waals surface area contributed by atoms with Crippen LogP contribution in [0.25, 0.3) is 16.6 Å². The number of rotatable bonds is 4. The molecule has 1 aliphatic carbocycles. The van der Waals surface area contributed by atoms with Crippen LogP contribution in [0.2, 0.25) is 0 Å². The minimum atomic E-state index is -4.50. The number of hydrogen-bond acceptors (Lipinski definition) is 4. The first kappa shape index (κ1) is 22.0. The molecule has 0 radical (unpaired) electrons. The molecule has 3 aromatic rings. The van der Waals surface area contributed by atoms with Gasteiger partial charge in [0.2, 0.25) is 0 Å². The van der Waals surface area contributed by atoms with Crippen molar-refractivity contribution in [3.05, 3.63) is 48.0 Å². The predicted octanol–water partition coefficient (Wildman–Crippen LogP) is 5.29. The third-order valence-electron chi connectivity index (χ3n) is 6.78. The van der Waals surface area contributed by atoms with E-state index in [1.54, 1.807) is 12.3 Å². The second-order valence-corrected chi connectivity index (χ2v) is 8.94. The van der Waals surface area contributed by atoms with Crippen LogP contribution in [0.4, 0.5) is 18.9 Å². The molecule has 0 spiro atoms. The normalized spacial score (nSPS) is 20.9. The highest BCUT2D eigenvalue weighted by Gasteiger charge is 2.39. The first-order valence-electron chi connectivity index (χ1n) is 10.4. The molecule has 3 heterocycles. The van der Waals surface area contributed by atoms with Crippen molar-refractivity contribution in [1.29, 1.82) is 0 Å². The lowest BCUT2D eigenvalue weighted by Gasteiger charge is -2.28. The summed E-state index contributed by atoms with van der Waals surface area (Å²) in [5.74, 6) is 0.157. The lowest BCUT2D eigenvalue weighted by atomic mass is 9.77. The van der Waals surface area contributed by atoms with E-state index in [0.717, 1.165) is 25.1 Å². The van der Waals surface area contributed by atoms with Gasteiger partial charge in [-0.15, -0.1) is 0 Å². The minimum Gasteiger partial charge on any atom is -0.365 e. The first-order chi connectivity index (χ1) is 15.0. The van der Waals surface area contributed by atoms with Crippen molar-refractivity contribution in [2.75, 3.05) is 0 Å². The Kier molecular flexibility index (Phi) is 5.30. The summed E-state index contributed by atoms with van der Waals surface area (Å²) in [5, 5.41) is 4.23. The number of amides is 1. The Bertz CT molecular complexity index is 1190. The summed E-state index contributed by atoms with van der Waals surface area (Å²) in [7, 11) is 0. The molecule has 0 aromatic carbocycles. The van der Waals surface area contributed by atoms with E-state index in [9.17, 15) is 18.0 Å². The quantitative estimate of drug-likeness (QED) is 0.556. The van der Waals surface area contributed by atoms with Crippen molar-refractivity contribution in [3.8, 4) is 11.1 Å². The maximum atomic E-state index is 12.8. The molecule has 168 valence electrons. The number of carbonyl (C=O) groups is 1. The summed E-state index contributed by atoms with van der Waals surface area (Å²) in [5.41, 5.74) is 6.90. The molecule has 0 bridgehead atoms. The highest BCUT2D eigenvalue weighted by Crippen LogP contribution is 2.46. The van der Waals surface area contributed by atoms with Crippen LogP contribution in [0.3, 0.4) is 0 Å². The Morgan fingerprint density at radius 2 is 2.00 bits per heavy atom. The summed E-state index contributed by atoms with van der Waals surface area (Å²) in [6, 6.07) is 4.01. The largest absolute Gasteiger partial charge is 0.433 e. The number of carbonyl (C=O) groups excluding carboxylic acids is 1. The van der Waals surface area contributed by atoms with Gasteiger partial charge in [0.05, 0.1) is 17.3 Å². The molecule has 1 saturated carbocycles. The van der Waals surface area contributed by atoms with Gasteiger partial charge in [-0.3, -0.25) is 14.8 Å². The number of primary amides is 1. The number of halogens is 3. The van der Waals surface area contributed by atoms with Crippen LogP contribution in [-0.4, -0.2) is 26.7 Å². The van der Waals surface area contributed by atoms with E-state index in [0.29, 0.717) is 28.2 Å². The summed E-state index contributed by atoms with van der Waals surface area (Å²) >= 11 is 0. The van der Waals surface area contributed by atoms with E-state index in [-0.39, 0.29) is 16.9 Å². The Balaban J connectivity index is 1.76. The second kappa shape index (κ2) is 7.72. The van der Waals surface area contributed by atoms with E-state index in [4.69, 9.17) is 5.73 Å². The van der Waals surface area contributed by atoms with Crippen molar-refractivity contribution in [2.24, 2.45) is 28.0 Å². The summed E-state index contributed by atoms with van der Waals surface area (Å²) in [6.45, 7) is 6.65. The maximum absolute atomic E-state index is 12.8. The third kappa shape index (κ3) is 3.87. The van der Waals surface area contributed by atoms with E-state index in [1.807, 2.05) is 6.21 Å². The monoisotopic (exact) mass is 443 g/mol. The number of nitrogens with zero attached hydrogens (tertiary/aromatic N) is 4. The van der Waals surface area contributed by atoms with Crippen LogP contribution in [0, 0.1) is 17.3 Å². The smallest absolute Gasteiger partial charge is 0.365 e. The molecular formula is C23H24F3N5O.